The van der Waals surface area contributed by atoms with Crippen molar-refractivity contribution in [2.24, 2.45) is 0 Å². The third kappa shape index (κ3) is 9.22. The number of hydrogen-bond acceptors (Lipinski definition) is 4. The van der Waals surface area contributed by atoms with E-state index in [4.69, 9.17) is 14.6 Å². The fourth-order valence-electron chi connectivity index (χ4n) is 9.89. The zero-order valence-electron chi connectivity index (χ0n) is 39.7. The van der Waals surface area contributed by atoms with E-state index in [0.717, 1.165) is 87.7 Å². The highest BCUT2D eigenvalue weighted by Gasteiger charge is 2.14. The van der Waals surface area contributed by atoms with Crippen LogP contribution in [0.3, 0.4) is 0 Å². The van der Waals surface area contributed by atoms with Crippen LogP contribution in [0, 0.1) is 0 Å². The molecule has 0 bridgehead atoms. The van der Waals surface area contributed by atoms with Crippen LogP contribution in [0.2, 0.25) is 0 Å². The second kappa shape index (κ2) is 19.9. The Morgan fingerprint density at radius 2 is 0.712 bits per heavy atom. The van der Waals surface area contributed by atoms with Gasteiger partial charge in [0, 0.05) is 54.2 Å². The van der Waals surface area contributed by atoms with Crippen LogP contribution in [0.5, 0.6) is 0 Å². The lowest BCUT2D eigenvalue weighted by molar-refractivity contribution is 0.669. The number of nitrogens with one attached hydrogen (secondary N) is 1. The van der Waals surface area contributed by atoms with Crippen LogP contribution in [0.4, 0.5) is 17.1 Å². The van der Waals surface area contributed by atoms with Gasteiger partial charge in [0.1, 0.15) is 22.3 Å². The maximum atomic E-state index is 6.23. The molecule has 0 fully saturated rings. The Morgan fingerprint density at radius 1 is 0.301 bits per heavy atom. The van der Waals surface area contributed by atoms with Crippen molar-refractivity contribution in [3.8, 4) is 44.5 Å². The van der Waals surface area contributed by atoms with Gasteiger partial charge < -0.3 is 19.9 Å². The van der Waals surface area contributed by atoms with E-state index in [9.17, 15) is 0 Å². The van der Waals surface area contributed by atoms with Crippen LogP contribution in [-0.2, 0) is 0 Å². The summed E-state index contributed by atoms with van der Waals surface area (Å²) in [7, 11) is 0. The minimum atomic E-state index is 0.769. The van der Waals surface area contributed by atoms with Crippen molar-refractivity contribution in [3.63, 3.8) is 0 Å². The highest BCUT2D eigenvalue weighted by Crippen LogP contribution is 2.38. The summed E-state index contributed by atoms with van der Waals surface area (Å²) in [5, 5.41) is 13.3. The number of furan rings is 2. The average molecular weight is 1000 g/mol. The topological polar surface area (TPSA) is 64.3 Å². The van der Waals surface area contributed by atoms with Crippen LogP contribution < -0.4 is 11.1 Å². The lowest BCUT2D eigenvalue weighted by atomic mass is 9.98. The zero-order chi connectivity index (χ0) is 49.1. The quantitative estimate of drug-likeness (QED) is 0.163. The Labute approximate surface area is 431 Å². The molecular weight excluding hydrogens is 957 g/mol. The molecule has 5 heteroatoms. The first-order valence-electron chi connectivity index (χ1n) is 24.4. The number of nitrogen functional groups attached to an aromatic ring is 1. The highest BCUT2D eigenvalue weighted by molar-refractivity contribution is 9.10. The molecule has 0 aliphatic carbocycles. The minimum Gasteiger partial charge on any atom is -0.455 e. The molecule has 0 saturated heterocycles. The lowest BCUT2D eigenvalue weighted by Crippen LogP contribution is -1.91. The summed E-state index contributed by atoms with van der Waals surface area (Å²) >= 11 is 3.52. The van der Waals surface area contributed by atoms with Gasteiger partial charge in [-0.2, -0.15) is 0 Å². The van der Waals surface area contributed by atoms with Gasteiger partial charge in [-0.3, -0.25) is 0 Å². The smallest absolute Gasteiger partial charge is 0.143 e. The number of halogens is 1. The number of hydrogen-bond donors (Lipinski definition) is 2. The zero-order valence-corrected chi connectivity index (χ0v) is 41.3. The van der Waals surface area contributed by atoms with E-state index in [1.807, 2.05) is 54.6 Å². The van der Waals surface area contributed by atoms with Crippen LogP contribution in [0.25, 0.3) is 110 Å². The minimum absolute atomic E-state index is 0.769. The first-order chi connectivity index (χ1) is 36.0. The summed E-state index contributed by atoms with van der Waals surface area (Å²) in [4.78, 5) is 0. The normalized spacial score (nSPS) is 11.1. The molecule has 0 radical (unpaired) electrons. The first kappa shape index (κ1) is 45.0. The van der Waals surface area contributed by atoms with E-state index in [2.05, 4.69) is 234 Å². The van der Waals surface area contributed by atoms with Crippen molar-refractivity contribution in [3.05, 3.63) is 271 Å². The molecule has 73 heavy (non-hydrogen) atoms. The predicted molar refractivity (Wildman–Crippen MR) is 312 cm³/mol. The Bertz CT molecular complexity index is 4260. The number of benzene rings is 12. The molecule has 0 amide bonds. The molecule has 14 rings (SSSR count). The molecule has 3 N–H and O–H groups in total. The number of fused-ring (bicyclic) bond motifs is 8. The van der Waals surface area contributed by atoms with Gasteiger partial charge in [-0.15, -0.1) is 0 Å². The second-order valence-corrected chi connectivity index (χ2v) is 18.9. The molecular formula is C68H47BrN2O2. The molecule has 0 aliphatic rings. The van der Waals surface area contributed by atoms with Gasteiger partial charge in [0.15, 0.2) is 0 Å². The average Bonchev–Trinajstić information content (AvgIpc) is 4.03. The van der Waals surface area contributed by atoms with Crippen molar-refractivity contribution in [1.29, 1.82) is 0 Å². The molecule has 0 unspecified atom stereocenters. The summed E-state index contributed by atoms with van der Waals surface area (Å²) in [6.45, 7) is 0. The summed E-state index contributed by atoms with van der Waals surface area (Å²) in [6, 6.07) is 92.3. The molecule has 0 aliphatic heterocycles. The van der Waals surface area contributed by atoms with E-state index >= 15 is 0 Å². The Balaban J connectivity index is 0.000000123. The highest BCUT2D eigenvalue weighted by atomic mass is 79.9. The number of rotatable bonds is 6. The van der Waals surface area contributed by atoms with Gasteiger partial charge >= 0.3 is 0 Å². The van der Waals surface area contributed by atoms with Gasteiger partial charge in [0.25, 0.3) is 0 Å². The van der Waals surface area contributed by atoms with Crippen molar-refractivity contribution in [2.75, 3.05) is 11.1 Å². The third-order valence-electron chi connectivity index (χ3n) is 13.4. The van der Waals surface area contributed by atoms with E-state index in [1.165, 1.54) is 43.8 Å². The molecule has 0 atom stereocenters. The number of para-hydroxylation sites is 4. The van der Waals surface area contributed by atoms with Crippen molar-refractivity contribution < 1.29 is 8.83 Å². The Morgan fingerprint density at radius 3 is 1.26 bits per heavy atom. The Kier molecular flexibility index (Phi) is 12.3. The van der Waals surface area contributed by atoms with Gasteiger partial charge in [0.05, 0.1) is 0 Å². The third-order valence-corrected chi connectivity index (χ3v) is 13.9. The van der Waals surface area contributed by atoms with Gasteiger partial charge in [0.2, 0.25) is 0 Å². The summed E-state index contributed by atoms with van der Waals surface area (Å²) in [5.74, 6) is 0. The number of anilines is 3. The fraction of sp³-hybridized carbons (Fsp3) is 0. The predicted octanol–water partition coefficient (Wildman–Crippen LogP) is 19.9. The number of nitrogens with two attached hydrogens (primary N) is 1. The van der Waals surface area contributed by atoms with Crippen LogP contribution in [-0.4, -0.2) is 0 Å². The summed E-state index contributed by atoms with van der Waals surface area (Å²) < 4.78 is 13.4. The Hall–Kier alpha value is -9.16. The van der Waals surface area contributed by atoms with Crippen molar-refractivity contribution >= 4 is 98.4 Å². The summed E-state index contributed by atoms with van der Waals surface area (Å²) in [5.41, 5.74) is 21.8. The molecule has 0 saturated carbocycles. The monoisotopic (exact) mass is 1000 g/mol. The second-order valence-electron chi connectivity index (χ2n) is 18.0. The largest absolute Gasteiger partial charge is 0.455 e. The molecule has 348 valence electrons. The molecule has 12 aromatic carbocycles. The molecule has 4 nitrogen and oxygen atoms in total. The first-order valence-corrected chi connectivity index (χ1v) is 25.2. The van der Waals surface area contributed by atoms with Gasteiger partial charge in [-0.25, -0.2) is 0 Å². The van der Waals surface area contributed by atoms with E-state index in [1.54, 1.807) is 0 Å². The van der Waals surface area contributed by atoms with Crippen LogP contribution >= 0.6 is 15.9 Å². The SMILES string of the molecule is Brc1cccc(-c2cccc3ccccc23)c1.Nc1ccc(-c2cccc3c2oc2ccccc23)cc1.c1cc(Nc2ccc(-c3cccc4c3oc3ccccc34)cc2)cc(-c2cccc3ccccc23)c1. The van der Waals surface area contributed by atoms with Crippen molar-refractivity contribution in [2.45, 2.75) is 0 Å². The standard InChI is InChI=1S/C34H23NO.C18H13NO.C16H11Br/c1-2-12-28-23(8-1)9-6-14-29(28)25-10-5-11-27(22-25)35-26-20-18-24(19-21-26)30-15-7-16-32-31-13-3-4-17-33(31)36-34(30)32;19-13-10-8-12(9-11-13)14-5-3-6-16-15-4-1-2-7-17(15)20-18(14)16;17-14-8-3-7-13(11-14)16-10-4-6-12-5-1-2-9-15(12)16/h1-22,35H;1-11H,19H2;1-11H. The maximum Gasteiger partial charge on any atom is 0.143 e. The molecule has 2 aromatic heterocycles. The lowest BCUT2D eigenvalue weighted by Gasteiger charge is -2.11. The molecule has 2 heterocycles. The van der Waals surface area contributed by atoms with E-state index in [-0.39, 0.29) is 0 Å². The van der Waals surface area contributed by atoms with E-state index < -0.39 is 0 Å². The summed E-state index contributed by atoms with van der Waals surface area (Å²) in [6.07, 6.45) is 0. The molecule has 0 spiro atoms. The van der Waals surface area contributed by atoms with Crippen LogP contribution in [0.15, 0.2) is 280 Å². The van der Waals surface area contributed by atoms with E-state index in [0.29, 0.717) is 0 Å². The van der Waals surface area contributed by atoms with Gasteiger partial charge in [-0.1, -0.05) is 222 Å². The fourth-order valence-corrected chi connectivity index (χ4v) is 10.3. The maximum absolute atomic E-state index is 6.23. The van der Waals surface area contributed by atoms with Crippen molar-refractivity contribution in [1.82, 2.24) is 0 Å². The van der Waals surface area contributed by atoms with Gasteiger partial charge in [-0.05, 0) is 116 Å². The molecule has 14 aromatic rings. The van der Waals surface area contributed by atoms with Crippen LogP contribution in [0.1, 0.15) is 0 Å².